The van der Waals surface area contributed by atoms with Gasteiger partial charge in [0.25, 0.3) is 5.91 Å². The van der Waals surface area contributed by atoms with E-state index in [2.05, 4.69) is 6.92 Å². The van der Waals surface area contributed by atoms with Crippen LogP contribution in [0.1, 0.15) is 34.0 Å². The average Bonchev–Trinajstić information content (AvgIpc) is 2.89. The highest BCUT2D eigenvalue weighted by molar-refractivity contribution is 5.96. The van der Waals surface area contributed by atoms with Crippen LogP contribution in [0.25, 0.3) is 0 Å². The van der Waals surface area contributed by atoms with Gasteiger partial charge in [0, 0.05) is 24.3 Å². The number of fused-ring (bicyclic) bond motifs is 1. The number of anilines is 1. The summed E-state index contributed by atoms with van der Waals surface area (Å²) in [6.45, 7) is 3.40. The normalized spacial score (nSPS) is 13.3. The number of hydrogen-bond acceptors (Lipinski definition) is 2. The number of nitrogens with zero attached hydrogens (tertiary/aromatic N) is 1. The third-order valence-electron chi connectivity index (χ3n) is 3.87. The van der Waals surface area contributed by atoms with Crippen molar-refractivity contribution >= 4 is 11.6 Å². The first-order valence-electron chi connectivity index (χ1n) is 6.93. The fourth-order valence-electron chi connectivity index (χ4n) is 2.77. The molecule has 3 nitrogen and oxygen atoms in total. The van der Waals surface area contributed by atoms with E-state index in [0.29, 0.717) is 13.1 Å². The SMILES string of the molecule is CCc1ccccc1C(=O)N1Cc2ccc(N)cc2C1. The smallest absolute Gasteiger partial charge is 0.254 e. The first-order valence-corrected chi connectivity index (χ1v) is 6.93. The molecule has 3 heteroatoms. The van der Waals surface area contributed by atoms with Gasteiger partial charge in [-0.15, -0.1) is 0 Å². The minimum Gasteiger partial charge on any atom is -0.399 e. The summed E-state index contributed by atoms with van der Waals surface area (Å²) in [5.41, 5.74) is 10.8. The van der Waals surface area contributed by atoms with Gasteiger partial charge in [-0.3, -0.25) is 4.79 Å². The van der Waals surface area contributed by atoms with Crippen molar-refractivity contribution in [1.82, 2.24) is 4.90 Å². The molecule has 0 fully saturated rings. The predicted octanol–water partition coefficient (Wildman–Crippen LogP) is 2.99. The summed E-state index contributed by atoms with van der Waals surface area (Å²) in [4.78, 5) is 14.6. The van der Waals surface area contributed by atoms with Crippen LogP contribution in [0.5, 0.6) is 0 Å². The Morgan fingerprint density at radius 1 is 1.15 bits per heavy atom. The summed E-state index contributed by atoms with van der Waals surface area (Å²) < 4.78 is 0. The molecule has 0 atom stereocenters. The van der Waals surface area contributed by atoms with Crippen LogP contribution in [0.4, 0.5) is 5.69 Å². The summed E-state index contributed by atoms with van der Waals surface area (Å²) in [7, 11) is 0. The Morgan fingerprint density at radius 3 is 2.70 bits per heavy atom. The van der Waals surface area contributed by atoms with Gasteiger partial charge in [0.1, 0.15) is 0 Å². The molecule has 1 amide bonds. The Morgan fingerprint density at radius 2 is 1.90 bits per heavy atom. The largest absolute Gasteiger partial charge is 0.399 e. The van der Waals surface area contributed by atoms with Crippen molar-refractivity contribution in [3.8, 4) is 0 Å². The van der Waals surface area contributed by atoms with Crippen molar-refractivity contribution in [2.75, 3.05) is 5.73 Å². The molecule has 2 aromatic rings. The predicted molar refractivity (Wildman–Crippen MR) is 80.3 cm³/mol. The first kappa shape index (κ1) is 12.7. The van der Waals surface area contributed by atoms with Crippen molar-refractivity contribution in [2.45, 2.75) is 26.4 Å². The van der Waals surface area contributed by atoms with E-state index in [0.717, 1.165) is 28.8 Å². The van der Waals surface area contributed by atoms with Gasteiger partial charge in [0.15, 0.2) is 0 Å². The van der Waals surface area contributed by atoms with E-state index >= 15 is 0 Å². The van der Waals surface area contributed by atoms with Crippen LogP contribution >= 0.6 is 0 Å². The van der Waals surface area contributed by atoms with Crippen LogP contribution in [0.2, 0.25) is 0 Å². The van der Waals surface area contributed by atoms with Crippen LogP contribution < -0.4 is 5.73 Å². The molecule has 0 bridgehead atoms. The number of amides is 1. The quantitative estimate of drug-likeness (QED) is 0.849. The fourth-order valence-corrected chi connectivity index (χ4v) is 2.77. The molecule has 0 saturated carbocycles. The highest BCUT2D eigenvalue weighted by Gasteiger charge is 2.25. The van der Waals surface area contributed by atoms with Gasteiger partial charge in [-0.1, -0.05) is 31.2 Å². The zero-order valence-electron chi connectivity index (χ0n) is 11.6. The molecular formula is C17H18N2O. The molecule has 0 saturated heterocycles. The number of aryl methyl sites for hydroxylation is 1. The van der Waals surface area contributed by atoms with Crippen LogP contribution in [0, 0.1) is 0 Å². The number of nitrogen functional groups attached to an aromatic ring is 1. The molecule has 20 heavy (non-hydrogen) atoms. The van der Waals surface area contributed by atoms with Crippen molar-refractivity contribution in [3.63, 3.8) is 0 Å². The Hall–Kier alpha value is -2.29. The Labute approximate surface area is 119 Å². The second-order valence-corrected chi connectivity index (χ2v) is 5.20. The monoisotopic (exact) mass is 266 g/mol. The van der Waals surface area contributed by atoms with E-state index in [9.17, 15) is 4.79 Å². The lowest BCUT2D eigenvalue weighted by atomic mass is 10.0. The van der Waals surface area contributed by atoms with Gasteiger partial charge in [0.05, 0.1) is 0 Å². The number of hydrogen-bond donors (Lipinski definition) is 1. The number of carbonyl (C=O) groups is 1. The molecule has 0 radical (unpaired) electrons. The highest BCUT2D eigenvalue weighted by atomic mass is 16.2. The lowest BCUT2D eigenvalue weighted by Crippen LogP contribution is -2.26. The lowest BCUT2D eigenvalue weighted by Gasteiger charge is -2.17. The van der Waals surface area contributed by atoms with Crippen molar-refractivity contribution in [3.05, 3.63) is 64.7 Å². The summed E-state index contributed by atoms with van der Waals surface area (Å²) in [6, 6.07) is 13.7. The maximum atomic E-state index is 12.7. The fraction of sp³-hybridized carbons (Fsp3) is 0.235. The molecular weight excluding hydrogens is 248 g/mol. The summed E-state index contributed by atoms with van der Waals surface area (Å²) >= 11 is 0. The van der Waals surface area contributed by atoms with E-state index in [1.807, 2.05) is 47.4 Å². The molecule has 102 valence electrons. The topological polar surface area (TPSA) is 46.3 Å². The number of nitrogens with two attached hydrogens (primary N) is 1. The molecule has 1 aliphatic rings. The maximum Gasteiger partial charge on any atom is 0.254 e. The molecule has 0 aromatic heterocycles. The first-order chi connectivity index (χ1) is 9.69. The van der Waals surface area contributed by atoms with Crippen molar-refractivity contribution in [2.24, 2.45) is 0 Å². The molecule has 1 heterocycles. The zero-order valence-corrected chi connectivity index (χ0v) is 11.6. The molecule has 3 rings (SSSR count). The maximum absolute atomic E-state index is 12.7. The molecule has 1 aliphatic heterocycles. The zero-order chi connectivity index (χ0) is 14.1. The van der Waals surface area contributed by atoms with Gasteiger partial charge in [0.2, 0.25) is 0 Å². The highest BCUT2D eigenvalue weighted by Crippen LogP contribution is 2.26. The van der Waals surface area contributed by atoms with Crippen LogP contribution in [0.15, 0.2) is 42.5 Å². The number of carbonyl (C=O) groups excluding carboxylic acids is 1. The van der Waals surface area contributed by atoms with E-state index in [4.69, 9.17) is 5.73 Å². The van der Waals surface area contributed by atoms with E-state index in [-0.39, 0.29) is 5.91 Å². The van der Waals surface area contributed by atoms with E-state index in [1.165, 1.54) is 5.56 Å². The second kappa shape index (κ2) is 5.00. The standard InChI is InChI=1S/C17H18N2O/c1-2-12-5-3-4-6-16(12)17(20)19-10-13-7-8-15(18)9-14(13)11-19/h3-9H,2,10-11,18H2,1H3. The van der Waals surface area contributed by atoms with Crippen LogP contribution in [0.3, 0.4) is 0 Å². The van der Waals surface area contributed by atoms with Gasteiger partial charge >= 0.3 is 0 Å². The second-order valence-electron chi connectivity index (χ2n) is 5.20. The van der Waals surface area contributed by atoms with Crippen molar-refractivity contribution in [1.29, 1.82) is 0 Å². The third-order valence-corrected chi connectivity index (χ3v) is 3.87. The number of benzene rings is 2. The summed E-state index contributed by atoms with van der Waals surface area (Å²) in [5, 5.41) is 0. The lowest BCUT2D eigenvalue weighted by molar-refractivity contribution is 0.0750. The van der Waals surface area contributed by atoms with Crippen LogP contribution in [-0.2, 0) is 19.5 Å². The summed E-state index contributed by atoms with van der Waals surface area (Å²) in [6.07, 6.45) is 0.871. The molecule has 0 unspecified atom stereocenters. The molecule has 0 spiro atoms. The van der Waals surface area contributed by atoms with E-state index in [1.54, 1.807) is 0 Å². The van der Waals surface area contributed by atoms with Gasteiger partial charge in [-0.2, -0.15) is 0 Å². The third kappa shape index (κ3) is 2.16. The minimum atomic E-state index is 0.109. The summed E-state index contributed by atoms with van der Waals surface area (Å²) in [5.74, 6) is 0.109. The Kier molecular flexibility index (Phi) is 3.18. The van der Waals surface area contributed by atoms with Gasteiger partial charge < -0.3 is 10.6 Å². The van der Waals surface area contributed by atoms with E-state index < -0.39 is 0 Å². The van der Waals surface area contributed by atoms with Crippen molar-refractivity contribution < 1.29 is 4.79 Å². The van der Waals surface area contributed by atoms with Gasteiger partial charge in [-0.05, 0) is 41.3 Å². The molecule has 0 aliphatic carbocycles. The molecule has 2 N–H and O–H groups in total. The van der Waals surface area contributed by atoms with Crippen LogP contribution in [-0.4, -0.2) is 10.8 Å². The molecule has 2 aromatic carbocycles. The average molecular weight is 266 g/mol. The number of rotatable bonds is 2. The van der Waals surface area contributed by atoms with Gasteiger partial charge in [-0.25, -0.2) is 0 Å². The Balaban J connectivity index is 1.87. The minimum absolute atomic E-state index is 0.109. The Bertz CT molecular complexity index is 664.